The lowest BCUT2D eigenvalue weighted by Crippen LogP contribution is -2.83. The second-order valence-electron chi connectivity index (χ2n) is 15.8. The zero-order valence-electron chi connectivity index (χ0n) is 30.5. The predicted molar refractivity (Wildman–Crippen MR) is 174 cm³/mol. The molecule has 15 heteroatoms. The molecule has 3 aliphatic carbocycles. The molecule has 282 valence electrons. The van der Waals surface area contributed by atoms with Crippen molar-refractivity contribution in [2.75, 3.05) is 6.61 Å². The van der Waals surface area contributed by atoms with Gasteiger partial charge in [0.15, 0.2) is 29.7 Å². The molecular formula is C37H44O15. The Kier molecular flexibility index (Phi) is 8.81. The average molecular weight is 729 g/mol. The van der Waals surface area contributed by atoms with Crippen LogP contribution in [0.2, 0.25) is 0 Å². The fourth-order valence-electron chi connectivity index (χ4n) is 9.19. The van der Waals surface area contributed by atoms with E-state index in [2.05, 4.69) is 0 Å². The minimum absolute atomic E-state index is 0.0553. The van der Waals surface area contributed by atoms with Gasteiger partial charge in [-0.1, -0.05) is 32.0 Å². The second kappa shape index (κ2) is 12.3. The Morgan fingerprint density at radius 1 is 0.942 bits per heavy atom. The number of hydrogen-bond donors (Lipinski definition) is 1. The van der Waals surface area contributed by atoms with E-state index in [4.69, 9.17) is 37.9 Å². The van der Waals surface area contributed by atoms with E-state index in [1.807, 2.05) is 0 Å². The lowest BCUT2D eigenvalue weighted by molar-refractivity contribution is -0.346. The van der Waals surface area contributed by atoms with Crippen LogP contribution in [0, 0.1) is 16.7 Å². The number of carbonyl (C=O) groups excluding carboxylic acids is 6. The Bertz CT molecular complexity index is 1740. The van der Waals surface area contributed by atoms with Crippen LogP contribution < -0.4 is 0 Å². The first-order valence-corrected chi connectivity index (χ1v) is 17.1. The Balaban J connectivity index is 1.71. The van der Waals surface area contributed by atoms with Gasteiger partial charge in [-0.25, -0.2) is 14.4 Å². The van der Waals surface area contributed by atoms with Crippen molar-refractivity contribution in [3.8, 4) is 0 Å². The molecule has 10 atom stereocenters. The van der Waals surface area contributed by atoms with Crippen molar-refractivity contribution < 1.29 is 71.8 Å². The predicted octanol–water partition coefficient (Wildman–Crippen LogP) is 3.77. The highest BCUT2D eigenvalue weighted by atomic mass is 16.8. The summed E-state index contributed by atoms with van der Waals surface area (Å²) in [4.78, 5) is 82.5. The summed E-state index contributed by atoms with van der Waals surface area (Å²) < 4.78 is 47.7. The highest BCUT2D eigenvalue weighted by molar-refractivity contribution is 5.96. The van der Waals surface area contributed by atoms with E-state index >= 15 is 4.79 Å². The Hall–Kier alpha value is -4.50. The first-order valence-electron chi connectivity index (χ1n) is 17.1. The maximum atomic E-state index is 15.6. The number of aliphatic hydroxyl groups excluding tert-OH is 1. The van der Waals surface area contributed by atoms with E-state index in [-0.39, 0.29) is 29.7 Å². The van der Waals surface area contributed by atoms with E-state index < -0.39 is 106 Å². The number of hydrogen-bond acceptors (Lipinski definition) is 15. The third kappa shape index (κ3) is 5.37. The molecule has 2 saturated carbocycles. The molecule has 6 rings (SSSR count). The van der Waals surface area contributed by atoms with E-state index in [9.17, 15) is 29.1 Å². The molecule has 0 aromatic heterocycles. The topological polar surface area (TPSA) is 196 Å². The average Bonchev–Trinajstić information content (AvgIpc) is 3.40. The number of benzene rings is 1. The second-order valence-corrected chi connectivity index (χ2v) is 15.8. The summed E-state index contributed by atoms with van der Waals surface area (Å²) in [6, 6.07) is 7.87. The Morgan fingerprint density at radius 2 is 1.60 bits per heavy atom. The summed E-state index contributed by atoms with van der Waals surface area (Å²) >= 11 is 0. The van der Waals surface area contributed by atoms with Gasteiger partial charge in [-0.15, -0.1) is 0 Å². The molecule has 0 radical (unpaired) electrons. The molecule has 0 amide bonds. The molecule has 4 fully saturated rings. The number of carbonyl (C=O) groups is 6. The zero-order valence-corrected chi connectivity index (χ0v) is 30.5. The molecule has 0 unspecified atom stereocenters. The molecule has 1 N–H and O–H groups in total. The third-order valence-electron chi connectivity index (χ3n) is 11.3. The molecule has 2 aliphatic heterocycles. The molecule has 15 nitrogen and oxygen atoms in total. The van der Waals surface area contributed by atoms with E-state index in [0.717, 1.165) is 13.8 Å². The minimum Gasteiger partial charge on any atom is -0.454 e. The van der Waals surface area contributed by atoms with Gasteiger partial charge in [-0.3, -0.25) is 14.4 Å². The number of fused-ring (bicyclic) bond motifs is 4. The Labute approximate surface area is 300 Å². The van der Waals surface area contributed by atoms with Gasteiger partial charge in [0.2, 0.25) is 5.60 Å². The van der Waals surface area contributed by atoms with Crippen molar-refractivity contribution in [3.63, 3.8) is 0 Å². The van der Waals surface area contributed by atoms with E-state index in [1.165, 1.54) is 26.0 Å². The van der Waals surface area contributed by atoms with Gasteiger partial charge in [0.1, 0.15) is 23.9 Å². The molecule has 5 aliphatic rings. The number of ether oxygens (including phenoxy) is 8. The largest absolute Gasteiger partial charge is 0.509 e. The van der Waals surface area contributed by atoms with Crippen LogP contribution in [0.4, 0.5) is 9.59 Å². The highest BCUT2D eigenvalue weighted by Gasteiger charge is 2.83. The third-order valence-corrected chi connectivity index (χ3v) is 11.3. The van der Waals surface area contributed by atoms with Crippen LogP contribution in [0.25, 0.3) is 0 Å². The molecular weight excluding hydrogens is 684 g/mol. The van der Waals surface area contributed by atoms with Crippen LogP contribution in [0.1, 0.15) is 79.1 Å². The summed E-state index contributed by atoms with van der Waals surface area (Å²) in [6.45, 7) is 12.9. The molecule has 1 aromatic carbocycles. The van der Waals surface area contributed by atoms with Gasteiger partial charge in [-0.2, -0.15) is 0 Å². The van der Waals surface area contributed by atoms with Crippen LogP contribution in [0.3, 0.4) is 0 Å². The van der Waals surface area contributed by atoms with E-state index in [1.54, 1.807) is 52.8 Å². The molecule has 2 saturated heterocycles. The number of Topliss-reactive ketones (excluding diaryl/α,β-unsaturated/α-hetero) is 1. The smallest absolute Gasteiger partial charge is 0.454 e. The van der Waals surface area contributed by atoms with Crippen LogP contribution in [0.15, 0.2) is 41.5 Å². The van der Waals surface area contributed by atoms with Crippen LogP contribution in [0.5, 0.6) is 0 Å². The lowest BCUT2D eigenvalue weighted by Gasteiger charge is -2.67. The lowest BCUT2D eigenvalue weighted by atomic mass is 9.44. The Morgan fingerprint density at radius 3 is 2.15 bits per heavy atom. The van der Waals surface area contributed by atoms with Crippen molar-refractivity contribution in [2.45, 2.75) is 122 Å². The summed E-state index contributed by atoms with van der Waals surface area (Å²) in [6.07, 6.45) is -11.9. The van der Waals surface area contributed by atoms with E-state index in [0.29, 0.717) is 0 Å². The summed E-state index contributed by atoms with van der Waals surface area (Å²) in [5.74, 6) is -4.96. The molecule has 1 aromatic rings. The van der Waals surface area contributed by atoms with Gasteiger partial charge in [0.05, 0.1) is 23.5 Å². The number of aliphatic hydroxyl groups is 1. The molecule has 2 bridgehead atoms. The SMILES string of the molecule is CC(=O)O[C@H]1C(=O)[C@]2(C)[C@@H](OC(=O)OC(C)(C)C)C[C@H]3OC[C@@]3(OC(C)=O)[C@H]2[C@H](OC(=O)c2ccccc2)[C@]23OC(=O)O[C@H]2[C@H](O)C(C)=C1C3(C)C. The minimum atomic E-state index is -2.19. The van der Waals surface area contributed by atoms with Crippen molar-refractivity contribution in [3.05, 3.63) is 47.0 Å². The van der Waals surface area contributed by atoms with Crippen LogP contribution >= 0.6 is 0 Å². The maximum Gasteiger partial charge on any atom is 0.509 e. The number of esters is 3. The standard InChI is InChI=1S/C37H44O15/c1-17-23-25(46-18(2)38)27(41)35(9)21(47-31(43)51-33(4,5)6)15-22-36(16-45-22,50-19(3)39)26(35)29(48-30(42)20-13-11-10-12-14-20)37(34(23,7)8)28(24(17)40)49-32(44)52-37/h10-14,21-22,24-26,28-29,40H,15-16H2,1-9H3/t21-,22+,24+,25+,26-,28-,29-,35+,36-,37+/m0/s1. The normalized spacial score (nSPS) is 37.2. The van der Waals surface area contributed by atoms with Gasteiger partial charge < -0.3 is 43.0 Å². The molecule has 1 spiro atoms. The van der Waals surface area contributed by atoms with Gasteiger partial charge in [-0.05, 0) is 57.9 Å². The first-order chi connectivity index (χ1) is 24.1. The number of rotatable bonds is 5. The van der Waals surface area contributed by atoms with Crippen LogP contribution in [-0.2, 0) is 52.3 Å². The van der Waals surface area contributed by atoms with Gasteiger partial charge >= 0.3 is 30.2 Å². The van der Waals surface area contributed by atoms with Gasteiger partial charge in [0.25, 0.3) is 0 Å². The summed E-state index contributed by atoms with van der Waals surface area (Å²) in [5, 5.41) is 11.9. The highest BCUT2D eigenvalue weighted by Crippen LogP contribution is 2.67. The zero-order chi connectivity index (χ0) is 38.3. The quantitative estimate of drug-likeness (QED) is 0.261. The fourth-order valence-corrected chi connectivity index (χ4v) is 9.19. The van der Waals surface area contributed by atoms with Crippen molar-refractivity contribution in [1.29, 1.82) is 0 Å². The maximum absolute atomic E-state index is 15.6. The molecule has 52 heavy (non-hydrogen) atoms. The fraction of sp³-hybridized carbons (Fsp3) is 0.622. The van der Waals surface area contributed by atoms with Crippen molar-refractivity contribution >= 4 is 36.0 Å². The first kappa shape index (κ1) is 37.3. The van der Waals surface area contributed by atoms with Crippen molar-refractivity contribution in [1.82, 2.24) is 0 Å². The van der Waals surface area contributed by atoms with Crippen LogP contribution in [-0.4, -0.2) is 101 Å². The van der Waals surface area contributed by atoms with Crippen molar-refractivity contribution in [2.24, 2.45) is 16.7 Å². The summed E-state index contributed by atoms with van der Waals surface area (Å²) in [5.41, 5.74) is -8.40. The molecule has 2 heterocycles. The summed E-state index contributed by atoms with van der Waals surface area (Å²) in [7, 11) is 0. The van der Waals surface area contributed by atoms with Gasteiger partial charge in [0, 0.05) is 25.7 Å². The number of ketones is 1. The monoisotopic (exact) mass is 728 g/mol.